The lowest BCUT2D eigenvalue weighted by Gasteiger charge is -2.19. The monoisotopic (exact) mass is 249 g/mol. The van der Waals surface area contributed by atoms with Gasteiger partial charge in [0.05, 0.1) is 6.20 Å². The van der Waals surface area contributed by atoms with E-state index >= 15 is 0 Å². The van der Waals surface area contributed by atoms with Crippen LogP contribution in [0.5, 0.6) is 0 Å². The molecule has 18 heavy (non-hydrogen) atoms. The standard InChI is InChI=1S/C15H27N3/c1-11(2)13-5-4-6-15(8-7-13)16-9-14-10-17-18-12(14)3/h10-11,13,15-16H,4-9H2,1-3H3,(H,17,18). The minimum atomic E-state index is 0.697. The molecule has 2 atom stereocenters. The molecule has 3 heteroatoms. The van der Waals surface area contributed by atoms with Crippen LogP contribution in [-0.2, 0) is 6.54 Å². The summed E-state index contributed by atoms with van der Waals surface area (Å²) < 4.78 is 0. The lowest BCUT2D eigenvalue weighted by atomic mass is 9.89. The third-order valence-corrected chi connectivity index (χ3v) is 4.47. The lowest BCUT2D eigenvalue weighted by molar-refractivity contribution is 0.337. The molecule has 102 valence electrons. The number of nitrogens with one attached hydrogen (secondary N) is 2. The molecule has 1 aliphatic carbocycles. The number of aromatic nitrogens is 2. The van der Waals surface area contributed by atoms with Crippen LogP contribution in [0.4, 0.5) is 0 Å². The molecule has 0 spiro atoms. The molecule has 1 fully saturated rings. The molecule has 0 aromatic carbocycles. The molecule has 1 aromatic rings. The van der Waals surface area contributed by atoms with Crippen molar-refractivity contribution in [2.75, 3.05) is 0 Å². The third kappa shape index (κ3) is 3.58. The van der Waals surface area contributed by atoms with Crippen molar-refractivity contribution in [2.45, 2.75) is 65.5 Å². The number of nitrogens with zero attached hydrogens (tertiary/aromatic N) is 1. The van der Waals surface area contributed by atoms with Crippen LogP contribution in [0.2, 0.25) is 0 Å². The number of hydrogen-bond donors (Lipinski definition) is 2. The maximum atomic E-state index is 4.07. The Morgan fingerprint density at radius 3 is 2.83 bits per heavy atom. The predicted molar refractivity (Wildman–Crippen MR) is 75.4 cm³/mol. The summed E-state index contributed by atoms with van der Waals surface area (Å²) in [5.41, 5.74) is 2.50. The summed E-state index contributed by atoms with van der Waals surface area (Å²) in [6.45, 7) is 7.78. The first-order chi connectivity index (χ1) is 8.66. The van der Waals surface area contributed by atoms with Crippen LogP contribution >= 0.6 is 0 Å². The Balaban J connectivity index is 1.79. The number of H-pyrrole nitrogens is 1. The summed E-state index contributed by atoms with van der Waals surface area (Å²) >= 11 is 0. The SMILES string of the molecule is Cc1[nH]ncc1CNC1CCCC(C(C)C)CC1. The minimum absolute atomic E-state index is 0.697. The molecule has 1 heterocycles. The van der Waals surface area contributed by atoms with Crippen LogP contribution in [0.25, 0.3) is 0 Å². The Morgan fingerprint density at radius 1 is 1.33 bits per heavy atom. The van der Waals surface area contributed by atoms with Crippen LogP contribution in [0.1, 0.15) is 57.2 Å². The van der Waals surface area contributed by atoms with Gasteiger partial charge >= 0.3 is 0 Å². The molecule has 0 saturated heterocycles. The first-order valence-electron chi connectivity index (χ1n) is 7.39. The van der Waals surface area contributed by atoms with E-state index < -0.39 is 0 Å². The van der Waals surface area contributed by atoms with E-state index in [0.29, 0.717) is 6.04 Å². The Bertz CT molecular complexity index is 356. The number of hydrogen-bond acceptors (Lipinski definition) is 2. The quantitative estimate of drug-likeness (QED) is 0.803. The maximum Gasteiger partial charge on any atom is 0.0535 e. The summed E-state index contributed by atoms with van der Waals surface area (Å²) in [4.78, 5) is 0. The number of aryl methyl sites for hydroxylation is 1. The van der Waals surface area contributed by atoms with Gasteiger partial charge in [0.25, 0.3) is 0 Å². The van der Waals surface area contributed by atoms with E-state index in [0.717, 1.165) is 18.4 Å². The predicted octanol–water partition coefficient (Wildman–Crippen LogP) is 3.41. The van der Waals surface area contributed by atoms with E-state index in [9.17, 15) is 0 Å². The summed E-state index contributed by atoms with van der Waals surface area (Å²) in [7, 11) is 0. The van der Waals surface area contributed by atoms with Crippen molar-refractivity contribution in [2.24, 2.45) is 11.8 Å². The van der Waals surface area contributed by atoms with Gasteiger partial charge in [0.2, 0.25) is 0 Å². The normalized spacial score (nSPS) is 25.3. The molecule has 3 nitrogen and oxygen atoms in total. The van der Waals surface area contributed by atoms with Gasteiger partial charge in [-0.1, -0.05) is 26.7 Å². The van der Waals surface area contributed by atoms with Crippen LogP contribution in [0.15, 0.2) is 6.20 Å². The number of rotatable bonds is 4. The van der Waals surface area contributed by atoms with Gasteiger partial charge in [-0.15, -0.1) is 0 Å². The minimum Gasteiger partial charge on any atom is -0.310 e. The Morgan fingerprint density at radius 2 is 2.17 bits per heavy atom. The zero-order chi connectivity index (χ0) is 13.0. The van der Waals surface area contributed by atoms with E-state index in [4.69, 9.17) is 0 Å². The van der Waals surface area contributed by atoms with Crippen molar-refractivity contribution < 1.29 is 0 Å². The van der Waals surface area contributed by atoms with Crippen molar-refractivity contribution in [3.8, 4) is 0 Å². The van der Waals surface area contributed by atoms with Gasteiger partial charge in [0, 0.05) is 23.8 Å². The van der Waals surface area contributed by atoms with Crippen molar-refractivity contribution in [3.05, 3.63) is 17.5 Å². The van der Waals surface area contributed by atoms with Crippen molar-refractivity contribution in [3.63, 3.8) is 0 Å². The lowest BCUT2D eigenvalue weighted by Crippen LogP contribution is -2.28. The topological polar surface area (TPSA) is 40.7 Å². The summed E-state index contributed by atoms with van der Waals surface area (Å²) in [5, 5.41) is 10.8. The molecule has 2 unspecified atom stereocenters. The van der Waals surface area contributed by atoms with Crippen molar-refractivity contribution in [1.29, 1.82) is 0 Å². The fourth-order valence-corrected chi connectivity index (χ4v) is 3.01. The second kappa shape index (κ2) is 6.37. The largest absolute Gasteiger partial charge is 0.310 e. The number of aromatic amines is 1. The summed E-state index contributed by atoms with van der Waals surface area (Å²) in [5.74, 6) is 1.78. The van der Waals surface area contributed by atoms with E-state index in [2.05, 4.69) is 36.3 Å². The van der Waals surface area contributed by atoms with Gasteiger partial charge < -0.3 is 5.32 Å². The molecule has 0 aliphatic heterocycles. The van der Waals surface area contributed by atoms with Crippen molar-refractivity contribution in [1.82, 2.24) is 15.5 Å². The molecule has 0 bridgehead atoms. The fourth-order valence-electron chi connectivity index (χ4n) is 3.01. The fraction of sp³-hybridized carbons (Fsp3) is 0.800. The van der Waals surface area contributed by atoms with Crippen molar-refractivity contribution >= 4 is 0 Å². The van der Waals surface area contributed by atoms with Crippen LogP contribution in [0, 0.1) is 18.8 Å². The van der Waals surface area contributed by atoms with Crippen LogP contribution in [0.3, 0.4) is 0 Å². The summed E-state index contributed by atoms with van der Waals surface area (Å²) in [6, 6.07) is 0.697. The Labute approximate surface area is 111 Å². The van der Waals surface area contributed by atoms with Gasteiger partial charge in [-0.3, -0.25) is 5.10 Å². The van der Waals surface area contributed by atoms with E-state index in [1.54, 1.807) is 0 Å². The van der Waals surface area contributed by atoms with Gasteiger partial charge in [0.1, 0.15) is 0 Å². The first-order valence-corrected chi connectivity index (χ1v) is 7.39. The Kier molecular flexibility index (Phi) is 4.81. The highest BCUT2D eigenvalue weighted by molar-refractivity contribution is 5.13. The van der Waals surface area contributed by atoms with Gasteiger partial charge in [-0.2, -0.15) is 5.10 Å². The smallest absolute Gasteiger partial charge is 0.0535 e. The Hall–Kier alpha value is -0.830. The van der Waals surface area contributed by atoms with Crippen LogP contribution in [-0.4, -0.2) is 16.2 Å². The average molecular weight is 249 g/mol. The molecule has 0 radical (unpaired) electrons. The second-order valence-corrected chi connectivity index (χ2v) is 6.11. The molecule has 1 saturated carbocycles. The van der Waals surface area contributed by atoms with Gasteiger partial charge in [0.15, 0.2) is 0 Å². The second-order valence-electron chi connectivity index (χ2n) is 6.11. The highest BCUT2D eigenvalue weighted by atomic mass is 15.1. The molecule has 2 N–H and O–H groups in total. The molecule has 1 aromatic heterocycles. The zero-order valence-electron chi connectivity index (χ0n) is 12.0. The molecule has 0 amide bonds. The molecular formula is C15H27N3. The molecule has 1 aliphatic rings. The van der Waals surface area contributed by atoms with E-state index in [-0.39, 0.29) is 0 Å². The highest BCUT2D eigenvalue weighted by Gasteiger charge is 2.20. The highest BCUT2D eigenvalue weighted by Crippen LogP contribution is 2.28. The van der Waals surface area contributed by atoms with Crippen LogP contribution < -0.4 is 5.32 Å². The molecule has 2 rings (SSSR count). The average Bonchev–Trinajstić information content (AvgIpc) is 2.62. The maximum absolute atomic E-state index is 4.07. The van der Waals surface area contributed by atoms with E-state index in [1.165, 1.54) is 43.4 Å². The molecular weight excluding hydrogens is 222 g/mol. The zero-order valence-corrected chi connectivity index (χ0v) is 12.0. The van der Waals surface area contributed by atoms with Gasteiger partial charge in [-0.05, 0) is 38.0 Å². The third-order valence-electron chi connectivity index (χ3n) is 4.47. The summed E-state index contributed by atoms with van der Waals surface area (Å²) in [6.07, 6.45) is 8.79. The first kappa shape index (κ1) is 13.6. The van der Waals surface area contributed by atoms with E-state index in [1.807, 2.05) is 6.20 Å². The van der Waals surface area contributed by atoms with Gasteiger partial charge in [-0.25, -0.2) is 0 Å².